The van der Waals surface area contributed by atoms with E-state index in [-0.39, 0.29) is 0 Å². The largest absolute Gasteiger partial charge is 0.396 e. The van der Waals surface area contributed by atoms with Crippen LogP contribution in [0.3, 0.4) is 0 Å². The maximum Gasteiger partial charge on any atom is 0.217 e. The van der Waals surface area contributed by atoms with Gasteiger partial charge in [-0.3, -0.25) is 4.79 Å². The normalized spacial score (nSPS) is 34.4. The van der Waals surface area contributed by atoms with Gasteiger partial charge in [0.25, 0.3) is 0 Å². The summed E-state index contributed by atoms with van der Waals surface area (Å²) in [5.41, 5.74) is 0. The van der Waals surface area contributed by atoms with Gasteiger partial charge in [0.2, 0.25) is 5.91 Å². The molecule has 0 saturated carbocycles. The highest BCUT2D eigenvalue weighted by atomic mass is 16.7. The fraction of sp³-hybridized carbons (Fsp3) is 0.938. The van der Waals surface area contributed by atoms with E-state index in [9.17, 15) is 35.4 Å². The van der Waals surface area contributed by atoms with Crippen LogP contribution in [0, 0.1) is 5.92 Å². The first-order valence-electron chi connectivity index (χ1n) is 8.75. The zero-order valence-electron chi connectivity index (χ0n) is 15.5. The lowest BCUT2D eigenvalue weighted by Crippen LogP contribution is -2.66. The summed E-state index contributed by atoms with van der Waals surface area (Å²) in [7, 11) is 0. The van der Waals surface area contributed by atoms with Crippen molar-refractivity contribution in [2.45, 2.75) is 75.8 Å². The number of hydrogen-bond donors (Lipinski definition) is 8. The molecule has 1 heterocycles. The van der Waals surface area contributed by atoms with E-state index in [1.807, 2.05) is 0 Å². The van der Waals surface area contributed by atoms with Crippen molar-refractivity contribution >= 4 is 5.91 Å². The molecule has 0 bridgehead atoms. The van der Waals surface area contributed by atoms with Crippen molar-refractivity contribution in [3.63, 3.8) is 0 Å². The summed E-state index contributed by atoms with van der Waals surface area (Å²) < 4.78 is 10.9. The van der Waals surface area contributed by atoms with Gasteiger partial charge in [-0.1, -0.05) is 6.92 Å². The van der Waals surface area contributed by atoms with Gasteiger partial charge in [0.05, 0.1) is 18.8 Å². The van der Waals surface area contributed by atoms with Crippen molar-refractivity contribution in [1.82, 2.24) is 5.32 Å². The highest BCUT2D eigenvalue weighted by molar-refractivity contribution is 5.73. The van der Waals surface area contributed by atoms with E-state index in [0.717, 1.165) is 0 Å². The molecule has 0 spiro atoms. The third-order valence-electron chi connectivity index (χ3n) is 4.57. The fourth-order valence-electron chi connectivity index (χ4n) is 2.86. The number of aliphatic hydroxyl groups is 7. The van der Waals surface area contributed by atoms with Gasteiger partial charge in [-0.2, -0.15) is 0 Å². The van der Waals surface area contributed by atoms with E-state index in [0.29, 0.717) is 0 Å². The van der Waals surface area contributed by atoms with Crippen molar-refractivity contribution in [1.29, 1.82) is 0 Å². The van der Waals surface area contributed by atoms with Gasteiger partial charge in [-0.05, 0) is 6.92 Å². The van der Waals surface area contributed by atoms with E-state index >= 15 is 0 Å². The second-order valence-corrected chi connectivity index (χ2v) is 6.92. The second-order valence-electron chi connectivity index (χ2n) is 6.92. The molecule has 8 unspecified atom stereocenters. The lowest BCUT2D eigenvalue weighted by atomic mass is 9.94. The molecule has 11 heteroatoms. The highest BCUT2D eigenvalue weighted by Crippen LogP contribution is 2.26. The number of hydrogen-bond acceptors (Lipinski definition) is 10. The summed E-state index contributed by atoms with van der Waals surface area (Å²) in [5.74, 6) is -1.28. The van der Waals surface area contributed by atoms with Crippen molar-refractivity contribution in [3.8, 4) is 0 Å². The van der Waals surface area contributed by atoms with Crippen LogP contribution < -0.4 is 5.32 Å². The lowest BCUT2D eigenvalue weighted by Gasteiger charge is -2.44. The third-order valence-corrected chi connectivity index (χ3v) is 4.57. The summed E-state index contributed by atoms with van der Waals surface area (Å²) in [6.45, 7) is 2.86. The maximum absolute atomic E-state index is 11.4. The van der Waals surface area contributed by atoms with Crippen LogP contribution >= 0.6 is 0 Å². The molecule has 0 aromatic carbocycles. The monoisotopic (exact) mass is 397 g/mol. The smallest absolute Gasteiger partial charge is 0.217 e. The van der Waals surface area contributed by atoms with Crippen LogP contribution in [0.1, 0.15) is 20.8 Å². The Balaban J connectivity index is 3.05. The van der Waals surface area contributed by atoms with Gasteiger partial charge in [-0.15, -0.1) is 0 Å². The first-order valence-corrected chi connectivity index (χ1v) is 8.75. The van der Waals surface area contributed by atoms with Gasteiger partial charge in [0.15, 0.2) is 6.29 Å². The van der Waals surface area contributed by atoms with Crippen LogP contribution in [-0.2, 0) is 14.3 Å². The number of carbonyl (C=O) groups is 1. The Labute approximate surface area is 157 Å². The Kier molecular flexibility index (Phi) is 9.48. The molecule has 0 aromatic rings. The molecule has 1 saturated heterocycles. The average Bonchev–Trinajstić information content (AvgIpc) is 2.62. The van der Waals surface area contributed by atoms with Crippen LogP contribution in [-0.4, -0.2) is 110 Å². The van der Waals surface area contributed by atoms with Crippen LogP contribution in [0.2, 0.25) is 0 Å². The molecule has 0 aromatic heterocycles. The molecule has 1 aliphatic heterocycles. The van der Waals surface area contributed by atoms with Gasteiger partial charge in [0, 0.05) is 19.4 Å². The Hall–Kier alpha value is -0.890. The maximum atomic E-state index is 11.4. The van der Waals surface area contributed by atoms with Gasteiger partial charge >= 0.3 is 0 Å². The molecule has 11 nitrogen and oxygen atoms in total. The molecule has 27 heavy (non-hydrogen) atoms. The molecular weight excluding hydrogens is 366 g/mol. The van der Waals surface area contributed by atoms with E-state index in [2.05, 4.69) is 5.32 Å². The number of amides is 1. The molecule has 1 rings (SSSR count). The zero-order valence-corrected chi connectivity index (χ0v) is 15.5. The second kappa shape index (κ2) is 10.6. The Bertz CT molecular complexity index is 464. The molecular formula is C16H31NO10. The third kappa shape index (κ3) is 6.04. The van der Waals surface area contributed by atoms with Crippen molar-refractivity contribution in [2.24, 2.45) is 5.92 Å². The summed E-state index contributed by atoms with van der Waals surface area (Å²) in [6, 6.07) is -1.26. The number of aliphatic hydroxyl groups excluding tert-OH is 7. The van der Waals surface area contributed by atoms with E-state index < -0.39 is 80.1 Å². The number of carbonyl (C=O) groups excluding carboxylic acids is 1. The molecule has 1 fully saturated rings. The minimum atomic E-state index is -1.63. The Morgan fingerprint density at radius 1 is 1.11 bits per heavy atom. The van der Waals surface area contributed by atoms with Gasteiger partial charge < -0.3 is 50.5 Å². The van der Waals surface area contributed by atoms with Crippen molar-refractivity contribution in [3.05, 3.63) is 0 Å². The fourth-order valence-corrected chi connectivity index (χ4v) is 2.86. The summed E-state index contributed by atoms with van der Waals surface area (Å²) in [4.78, 5) is 11.4. The van der Waals surface area contributed by atoms with E-state index in [1.165, 1.54) is 20.8 Å². The van der Waals surface area contributed by atoms with Gasteiger partial charge in [-0.25, -0.2) is 0 Å². The summed E-state index contributed by atoms with van der Waals surface area (Å²) >= 11 is 0. The first kappa shape index (κ1) is 24.1. The minimum Gasteiger partial charge on any atom is -0.396 e. The minimum absolute atomic E-state index is 0.420. The van der Waals surface area contributed by atoms with Gasteiger partial charge in [0.1, 0.15) is 36.6 Å². The molecule has 0 radical (unpaired) electrons. The molecule has 0 aliphatic carbocycles. The molecule has 8 N–H and O–H groups in total. The van der Waals surface area contributed by atoms with E-state index in [1.54, 1.807) is 0 Å². The van der Waals surface area contributed by atoms with Crippen LogP contribution in [0.25, 0.3) is 0 Å². The number of rotatable bonds is 9. The topological polar surface area (TPSA) is 189 Å². The SMILES string of the molecule is CC(=O)NC1C(O)C(O)[C@H](CO)O[C@H]1OC(C(C)O)C(O)C(O)C(C)CO. The zero-order chi connectivity index (χ0) is 20.9. The predicted octanol–water partition coefficient (Wildman–Crippen LogP) is -3.95. The summed E-state index contributed by atoms with van der Waals surface area (Å²) in [6.07, 6.45) is -11.6. The molecule has 1 aliphatic rings. The Morgan fingerprint density at radius 3 is 2.15 bits per heavy atom. The molecule has 160 valence electrons. The molecule has 1 amide bonds. The lowest BCUT2D eigenvalue weighted by molar-refractivity contribution is -0.301. The first-order chi connectivity index (χ1) is 12.5. The standard InChI is InChI=1S/C16H31NO10/c1-6(4-18)11(22)14(25)15(7(2)20)27-16-10(17-8(3)21)13(24)12(23)9(5-19)26-16/h6-7,9-16,18-20,22-25H,4-5H2,1-3H3,(H,17,21)/t6?,7?,9-,10?,11?,12?,13?,14?,15?,16-/m0/s1. The van der Waals surface area contributed by atoms with Crippen molar-refractivity contribution in [2.75, 3.05) is 13.2 Å². The predicted molar refractivity (Wildman–Crippen MR) is 90.2 cm³/mol. The molecule has 10 atom stereocenters. The van der Waals surface area contributed by atoms with E-state index in [4.69, 9.17) is 14.6 Å². The van der Waals surface area contributed by atoms with Crippen LogP contribution in [0.15, 0.2) is 0 Å². The highest BCUT2D eigenvalue weighted by Gasteiger charge is 2.47. The number of nitrogens with one attached hydrogen (secondary N) is 1. The van der Waals surface area contributed by atoms with Crippen molar-refractivity contribution < 1.29 is 50.0 Å². The average molecular weight is 397 g/mol. The quantitative estimate of drug-likeness (QED) is 0.191. The number of ether oxygens (including phenoxy) is 2. The summed E-state index contributed by atoms with van der Waals surface area (Å²) in [5, 5.41) is 71.4. The van der Waals surface area contributed by atoms with Crippen LogP contribution in [0.4, 0.5) is 0 Å². The van der Waals surface area contributed by atoms with Crippen LogP contribution in [0.5, 0.6) is 0 Å². The Morgan fingerprint density at radius 2 is 1.70 bits per heavy atom.